The summed E-state index contributed by atoms with van der Waals surface area (Å²) in [6.07, 6.45) is 5.77. The van der Waals surface area contributed by atoms with E-state index in [0.717, 1.165) is 47.5 Å². The zero-order chi connectivity index (χ0) is 23.1. The van der Waals surface area contributed by atoms with Gasteiger partial charge in [0.1, 0.15) is 11.3 Å². The highest BCUT2D eigenvalue weighted by Crippen LogP contribution is 2.34. The van der Waals surface area contributed by atoms with Crippen LogP contribution in [0.3, 0.4) is 0 Å². The summed E-state index contributed by atoms with van der Waals surface area (Å²) >= 11 is 12.5. The lowest BCUT2D eigenvalue weighted by molar-refractivity contribution is 0.120. The van der Waals surface area contributed by atoms with Crippen molar-refractivity contribution in [1.29, 1.82) is 0 Å². The molecule has 6 nitrogen and oxygen atoms in total. The van der Waals surface area contributed by atoms with Crippen LogP contribution in [0, 0.1) is 18.8 Å². The van der Waals surface area contributed by atoms with Gasteiger partial charge in [-0.05, 0) is 69.3 Å². The molecule has 33 heavy (non-hydrogen) atoms. The molecule has 0 spiro atoms. The summed E-state index contributed by atoms with van der Waals surface area (Å²) in [6.45, 7) is 14.3. The first kappa shape index (κ1) is 22.6. The minimum absolute atomic E-state index is 0.535. The van der Waals surface area contributed by atoms with Crippen LogP contribution in [-0.2, 0) is 0 Å². The number of benzene rings is 1. The second-order valence-corrected chi connectivity index (χ2v) is 10.2. The number of anilines is 1. The number of aryl methyl sites for hydroxylation is 1. The molecule has 0 unspecified atom stereocenters. The van der Waals surface area contributed by atoms with Crippen LogP contribution in [0.2, 0.25) is 10.0 Å². The van der Waals surface area contributed by atoms with Gasteiger partial charge in [0.15, 0.2) is 5.65 Å². The standard InChI is InChI=1S/C25H30Cl2N6/c1-4-9-31-10-5-6-18(13-31)19-14-32(15-19)23-12-28-24-16(2)30-33(25(24)29-23)17(3)21-8-7-20(26)11-22(21)27/h7-8,11-12,18-19H,3-6,9-10,13-15H2,1-2H3/t18-/m1/s1. The van der Waals surface area contributed by atoms with Crippen LogP contribution in [0.4, 0.5) is 5.82 Å². The quantitative estimate of drug-likeness (QED) is 0.460. The highest BCUT2D eigenvalue weighted by atomic mass is 35.5. The lowest BCUT2D eigenvalue weighted by Gasteiger charge is -2.47. The van der Waals surface area contributed by atoms with Crippen molar-refractivity contribution >= 4 is 45.9 Å². The zero-order valence-electron chi connectivity index (χ0n) is 19.3. The fraction of sp³-hybridized carbons (Fsp3) is 0.480. The topological polar surface area (TPSA) is 50.1 Å². The monoisotopic (exact) mass is 484 g/mol. The van der Waals surface area contributed by atoms with Crippen LogP contribution >= 0.6 is 23.2 Å². The summed E-state index contributed by atoms with van der Waals surface area (Å²) in [4.78, 5) is 14.6. The van der Waals surface area contributed by atoms with Crippen molar-refractivity contribution in [3.63, 3.8) is 0 Å². The van der Waals surface area contributed by atoms with Gasteiger partial charge >= 0.3 is 0 Å². The summed E-state index contributed by atoms with van der Waals surface area (Å²) in [5.41, 5.74) is 3.73. The van der Waals surface area contributed by atoms with Gasteiger partial charge in [0, 0.05) is 30.2 Å². The lowest BCUT2D eigenvalue weighted by atomic mass is 9.80. The smallest absolute Gasteiger partial charge is 0.183 e. The maximum atomic E-state index is 6.43. The van der Waals surface area contributed by atoms with Gasteiger partial charge in [0.25, 0.3) is 0 Å². The molecule has 2 aromatic heterocycles. The fourth-order valence-corrected chi connectivity index (χ4v) is 5.71. The van der Waals surface area contributed by atoms with E-state index in [4.69, 9.17) is 33.2 Å². The third-order valence-corrected chi connectivity index (χ3v) is 7.56. The molecular formula is C25H30Cl2N6. The Morgan fingerprint density at radius 3 is 2.76 bits per heavy atom. The molecule has 174 valence electrons. The number of likely N-dealkylation sites (tertiary alicyclic amines) is 1. The van der Waals surface area contributed by atoms with Crippen LogP contribution < -0.4 is 4.90 Å². The Kier molecular flexibility index (Phi) is 6.34. The fourth-order valence-electron chi connectivity index (χ4n) is 5.19. The van der Waals surface area contributed by atoms with Gasteiger partial charge in [-0.1, -0.05) is 36.7 Å². The highest BCUT2D eigenvalue weighted by Gasteiger charge is 2.36. The first-order valence-corrected chi connectivity index (χ1v) is 12.5. The van der Waals surface area contributed by atoms with E-state index in [-0.39, 0.29) is 0 Å². The first-order valence-electron chi connectivity index (χ1n) is 11.8. The Bertz CT molecular complexity index is 1180. The van der Waals surface area contributed by atoms with E-state index in [1.54, 1.807) is 16.8 Å². The Labute approximate surface area is 205 Å². The molecule has 0 radical (unpaired) electrons. The van der Waals surface area contributed by atoms with Gasteiger partial charge in [0.05, 0.1) is 22.6 Å². The molecule has 4 heterocycles. The van der Waals surface area contributed by atoms with Gasteiger partial charge in [-0.3, -0.25) is 0 Å². The van der Waals surface area contributed by atoms with Crippen molar-refractivity contribution in [3.8, 4) is 0 Å². The summed E-state index contributed by atoms with van der Waals surface area (Å²) < 4.78 is 1.75. The maximum absolute atomic E-state index is 6.43. The van der Waals surface area contributed by atoms with E-state index in [1.807, 2.05) is 19.2 Å². The number of piperidine rings is 1. The van der Waals surface area contributed by atoms with E-state index < -0.39 is 0 Å². The normalized spacial score (nSPS) is 19.8. The molecule has 0 bridgehead atoms. The Morgan fingerprint density at radius 1 is 1.18 bits per heavy atom. The first-order chi connectivity index (χ1) is 15.9. The number of hydrogen-bond acceptors (Lipinski definition) is 5. The Morgan fingerprint density at radius 2 is 2.00 bits per heavy atom. The largest absolute Gasteiger partial charge is 0.355 e. The number of aromatic nitrogens is 4. The van der Waals surface area contributed by atoms with E-state index in [2.05, 4.69) is 28.4 Å². The van der Waals surface area contributed by atoms with Crippen LogP contribution in [0.25, 0.3) is 16.9 Å². The van der Waals surface area contributed by atoms with Crippen molar-refractivity contribution in [2.24, 2.45) is 11.8 Å². The predicted molar refractivity (Wildman–Crippen MR) is 136 cm³/mol. The van der Waals surface area contributed by atoms with Crippen LogP contribution in [0.1, 0.15) is 37.4 Å². The number of rotatable bonds is 6. The van der Waals surface area contributed by atoms with E-state index in [0.29, 0.717) is 21.4 Å². The number of fused-ring (bicyclic) bond motifs is 1. The second-order valence-electron chi connectivity index (χ2n) is 9.34. The second kappa shape index (κ2) is 9.24. The predicted octanol–water partition coefficient (Wildman–Crippen LogP) is 5.52. The molecule has 2 aliphatic rings. The average molecular weight is 485 g/mol. The summed E-state index contributed by atoms with van der Waals surface area (Å²) in [5, 5.41) is 5.79. The zero-order valence-corrected chi connectivity index (χ0v) is 20.8. The molecule has 2 fully saturated rings. The molecular weight excluding hydrogens is 455 g/mol. The molecule has 2 saturated heterocycles. The van der Waals surface area contributed by atoms with Gasteiger partial charge in [-0.15, -0.1) is 0 Å². The van der Waals surface area contributed by atoms with Crippen molar-refractivity contribution in [2.75, 3.05) is 37.6 Å². The van der Waals surface area contributed by atoms with Crippen molar-refractivity contribution in [3.05, 3.63) is 52.3 Å². The van der Waals surface area contributed by atoms with Crippen LogP contribution in [0.5, 0.6) is 0 Å². The van der Waals surface area contributed by atoms with Gasteiger partial charge in [-0.2, -0.15) is 5.10 Å². The minimum atomic E-state index is 0.535. The molecule has 2 aliphatic heterocycles. The van der Waals surface area contributed by atoms with Gasteiger partial charge in [0.2, 0.25) is 0 Å². The average Bonchev–Trinajstić information content (AvgIpc) is 3.09. The van der Waals surface area contributed by atoms with E-state index in [1.165, 1.54) is 38.9 Å². The van der Waals surface area contributed by atoms with E-state index >= 15 is 0 Å². The Balaban J connectivity index is 1.35. The van der Waals surface area contributed by atoms with Gasteiger partial charge < -0.3 is 9.80 Å². The van der Waals surface area contributed by atoms with Crippen molar-refractivity contribution < 1.29 is 0 Å². The molecule has 0 aliphatic carbocycles. The Hall–Kier alpha value is -2.15. The molecule has 5 rings (SSSR count). The molecule has 8 heteroatoms. The molecule has 0 amide bonds. The van der Waals surface area contributed by atoms with Crippen LogP contribution in [0.15, 0.2) is 31.0 Å². The summed E-state index contributed by atoms with van der Waals surface area (Å²) in [5.74, 6) is 2.42. The SMILES string of the molecule is C=C(c1ccc(Cl)cc1Cl)n1nc(C)c2ncc(N3CC([C@@H]4CCCN(CCC)C4)C3)nc21. The molecule has 0 N–H and O–H groups in total. The molecule has 0 saturated carbocycles. The maximum Gasteiger partial charge on any atom is 0.183 e. The third kappa shape index (κ3) is 4.36. The molecule has 1 aromatic carbocycles. The van der Waals surface area contributed by atoms with Crippen molar-refractivity contribution in [2.45, 2.75) is 33.1 Å². The summed E-state index contributed by atoms with van der Waals surface area (Å²) in [7, 11) is 0. The summed E-state index contributed by atoms with van der Waals surface area (Å²) in [6, 6.07) is 5.38. The number of nitrogens with zero attached hydrogens (tertiary/aromatic N) is 6. The molecule has 1 atom stereocenters. The van der Waals surface area contributed by atoms with Gasteiger partial charge in [-0.25, -0.2) is 14.6 Å². The van der Waals surface area contributed by atoms with Crippen molar-refractivity contribution in [1.82, 2.24) is 24.6 Å². The minimum Gasteiger partial charge on any atom is -0.355 e. The lowest BCUT2D eigenvalue weighted by Crippen LogP contribution is -2.53. The molecule has 3 aromatic rings. The van der Waals surface area contributed by atoms with E-state index in [9.17, 15) is 0 Å². The third-order valence-electron chi connectivity index (χ3n) is 7.01. The number of hydrogen-bond donors (Lipinski definition) is 0. The number of halogens is 2. The van der Waals surface area contributed by atoms with Crippen LogP contribution in [-0.4, -0.2) is 57.4 Å². The highest BCUT2D eigenvalue weighted by molar-refractivity contribution is 6.35.